The van der Waals surface area contributed by atoms with Crippen LogP contribution in [0.3, 0.4) is 0 Å². The first kappa shape index (κ1) is 21.2. The van der Waals surface area contributed by atoms with Gasteiger partial charge in [-0.2, -0.15) is 0 Å². The van der Waals surface area contributed by atoms with Crippen LogP contribution in [0.5, 0.6) is 17.2 Å². The molecule has 0 spiro atoms. The maximum Gasteiger partial charge on any atom is 0.230 e. The van der Waals surface area contributed by atoms with Crippen molar-refractivity contribution in [1.82, 2.24) is 4.98 Å². The smallest absolute Gasteiger partial charge is 0.230 e. The van der Waals surface area contributed by atoms with E-state index in [2.05, 4.69) is 34.6 Å². The van der Waals surface area contributed by atoms with Gasteiger partial charge in [-0.1, -0.05) is 30.3 Å². The molecular weight excluding hydrogens is 412 g/mol. The number of nitrogens with zero attached hydrogens (tertiary/aromatic N) is 1. The predicted molar refractivity (Wildman–Crippen MR) is 122 cm³/mol. The molecule has 0 bridgehead atoms. The van der Waals surface area contributed by atoms with E-state index in [0.29, 0.717) is 28.3 Å². The fraction of sp³-hybridized carbons (Fsp3) is 0.333. The van der Waals surface area contributed by atoms with Crippen LogP contribution in [0, 0.1) is 0 Å². The molecule has 0 fully saturated rings. The topological polar surface area (TPSA) is 69.7 Å². The van der Waals surface area contributed by atoms with Crippen LogP contribution in [-0.4, -0.2) is 32.2 Å². The van der Waals surface area contributed by atoms with E-state index in [1.165, 1.54) is 10.4 Å². The fourth-order valence-electron chi connectivity index (χ4n) is 4.02. The van der Waals surface area contributed by atoms with Gasteiger partial charge in [0.05, 0.1) is 33.4 Å². The number of thiazole rings is 1. The van der Waals surface area contributed by atoms with E-state index < -0.39 is 0 Å². The molecule has 1 aliphatic carbocycles. The van der Waals surface area contributed by atoms with Crippen molar-refractivity contribution in [3.05, 3.63) is 64.2 Å². The molecule has 1 heterocycles. The van der Waals surface area contributed by atoms with Crippen LogP contribution in [0.1, 0.15) is 34.0 Å². The number of aromatic nitrogens is 1. The van der Waals surface area contributed by atoms with Crippen molar-refractivity contribution in [3.8, 4) is 17.2 Å². The first-order valence-electron chi connectivity index (χ1n) is 10.2. The number of nitrogens with one attached hydrogen (secondary N) is 1. The highest BCUT2D eigenvalue weighted by atomic mass is 32.1. The number of fused-ring (bicyclic) bond motifs is 1. The van der Waals surface area contributed by atoms with Crippen molar-refractivity contribution in [1.29, 1.82) is 0 Å². The molecule has 162 valence electrons. The van der Waals surface area contributed by atoms with Gasteiger partial charge < -0.3 is 19.5 Å². The van der Waals surface area contributed by atoms with Gasteiger partial charge in [-0.3, -0.25) is 4.79 Å². The van der Waals surface area contributed by atoms with E-state index in [4.69, 9.17) is 14.2 Å². The Balaban J connectivity index is 1.44. The van der Waals surface area contributed by atoms with E-state index in [1.807, 2.05) is 6.07 Å². The molecule has 1 aromatic heterocycles. The zero-order valence-corrected chi connectivity index (χ0v) is 18.8. The van der Waals surface area contributed by atoms with Gasteiger partial charge >= 0.3 is 0 Å². The van der Waals surface area contributed by atoms with Crippen LogP contribution in [0.2, 0.25) is 0 Å². The SMILES string of the molecule is COc1cc(CC(=O)Nc2nc3c(s2)CC(c2ccccc2)CC3)cc(OC)c1OC. The summed E-state index contributed by atoms with van der Waals surface area (Å²) in [5.41, 5.74) is 3.26. The maximum atomic E-state index is 12.7. The van der Waals surface area contributed by atoms with Crippen molar-refractivity contribution in [2.45, 2.75) is 31.6 Å². The van der Waals surface area contributed by atoms with Gasteiger partial charge in [-0.15, -0.1) is 11.3 Å². The molecule has 0 saturated carbocycles. The molecule has 3 aromatic rings. The first-order chi connectivity index (χ1) is 15.1. The standard InChI is InChI=1S/C24H26N2O4S/c1-28-19-11-15(12-20(29-2)23(19)30-3)13-22(27)26-24-25-18-10-9-17(14-21(18)31-24)16-7-5-4-6-8-16/h4-8,11-12,17H,9-10,13-14H2,1-3H3,(H,25,26,27). The molecule has 2 aromatic carbocycles. The summed E-state index contributed by atoms with van der Waals surface area (Å²) in [4.78, 5) is 18.6. The number of benzene rings is 2. The molecule has 31 heavy (non-hydrogen) atoms. The molecular formula is C24H26N2O4S. The van der Waals surface area contributed by atoms with Crippen LogP contribution in [0.4, 0.5) is 5.13 Å². The number of carbonyl (C=O) groups excluding carboxylic acids is 1. The highest BCUT2D eigenvalue weighted by Gasteiger charge is 2.24. The Hall–Kier alpha value is -3.06. The van der Waals surface area contributed by atoms with E-state index in [1.54, 1.807) is 44.8 Å². The van der Waals surface area contributed by atoms with E-state index >= 15 is 0 Å². The number of rotatable bonds is 7. The number of ether oxygens (including phenoxy) is 3. The second-order valence-electron chi connectivity index (χ2n) is 7.50. The van der Waals surface area contributed by atoms with E-state index in [0.717, 1.165) is 30.5 Å². The molecule has 1 atom stereocenters. The largest absolute Gasteiger partial charge is 0.493 e. The van der Waals surface area contributed by atoms with Gasteiger partial charge in [0, 0.05) is 4.88 Å². The predicted octanol–water partition coefficient (Wildman–Crippen LogP) is 4.62. The van der Waals surface area contributed by atoms with Gasteiger partial charge in [-0.25, -0.2) is 4.98 Å². The minimum absolute atomic E-state index is 0.125. The van der Waals surface area contributed by atoms with Crippen molar-refractivity contribution < 1.29 is 19.0 Å². The van der Waals surface area contributed by atoms with Gasteiger partial charge in [0.1, 0.15) is 0 Å². The number of hydrogen-bond acceptors (Lipinski definition) is 6. The van der Waals surface area contributed by atoms with Gasteiger partial charge in [0.15, 0.2) is 16.6 Å². The number of hydrogen-bond donors (Lipinski definition) is 1. The molecule has 1 unspecified atom stereocenters. The summed E-state index contributed by atoms with van der Waals surface area (Å²) in [6.07, 6.45) is 3.18. The van der Waals surface area contributed by atoms with Crippen LogP contribution in [0.15, 0.2) is 42.5 Å². The summed E-state index contributed by atoms with van der Waals surface area (Å²) in [6, 6.07) is 14.2. The number of methoxy groups -OCH3 is 3. The molecule has 1 aliphatic rings. The Labute approximate surface area is 186 Å². The Morgan fingerprint density at radius 3 is 2.45 bits per heavy atom. The summed E-state index contributed by atoms with van der Waals surface area (Å²) in [6.45, 7) is 0. The summed E-state index contributed by atoms with van der Waals surface area (Å²) >= 11 is 1.58. The Morgan fingerprint density at radius 2 is 1.81 bits per heavy atom. The average Bonchev–Trinajstić information content (AvgIpc) is 3.20. The number of carbonyl (C=O) groups is 1. The third-order valence-electron chi connectivity index (χ3n) is 5.55. The third kappa shape index (κ3) is 4.66. The van der Waals surface area contributed by atoms with Crippen LogP contribution >= 0.6 is 11.3 Å². The lowest BCUT2D eigenvalue weighted by Crippen LogP contribution is -2.14. The van der Waals surface area contributed by atoms with Crippen LogP contribution in [-0.2, 0) is 24.1 Å². The number of aryl methyl sites for hydroxylation is 1. The minimum Gasteiger partial charge on any atom is -0.493 e. The van der Waals surface area contributed by atoms with Gasteiger partial charge in [0.25, 0.3) is 0 Å². The molecule has 0 aliphatic heterocycles. The van der Waals surface area contributed by atoms with Crippen molar-refractivity contribution in [2.24, 2.45) is 0 Å². The molecule has 0 radical (unpaired) electrons. The first-order valence-corrected chi connectivity index (χ1v) is 11.0. The second-order valence-corrected chi connectivity index (χ2v) is 8.58. The van der Waals surface area contributed by atoms with Crippen LogP contribution in [0.25, 0.3) is 0 Å². The van der Waals surface area contributed by atoms with Crippen molar-refractivity contribution in [2.75, 3.05) is 26.6 Å². The van der Waals surface area contributed by atoms with E-state index in [-0.39, 0.29) is 12.3 Å². The Kier molecular flexibility index (Phi) is 6.42. The minimum atomic E-state index is -0.125. The summed E-state index contributed by atoms with van der Waals surface area (Å²) in [5.74, 6) is 1.95. The van der Waals surface area contributed by atoms with Gasteiger partial charge in [0.2, 0.25) is 11.7 Å². The molecule has 4 rings (SSSR count). The molecule has 0 saturated heterocycles. The lowest BCUT2D eigenvalue weighted by Gasteiger charge is -2.21. The zero-order chi connectivity index (χ0) is 21.8. The van der Waals surface area contributed by atoms with Crippen molar-refractivity contribution in [3.63, 3.8) is 0 Å². The highest BCUT2D eigenvalue weighted by molar-refractivity contribution is 7.15. The van der Waals surface area contributed by atoms with Crippen LogP contribution < -0.4 is 19.5 Å². The summed E-state index contributed by atoms with van der Waals surface area (Å²) in [7, 11) is 4.67. The lowest BCUT2D eigenvalue weighted by atomic mass is 9.85. The molecule has 6 nitrogen and oxygen atoms in total. The van der Waals surface area contributed by atoms with Gasteiger partial charge in [-0.05, 0) is 48.4 Å². The maximum absolute atomic E-state index is 12.7. The fourth-order valence-corrected chi connectivity index (χ4v) is 5.13. The summed E-state index contributed by atoms with van der Waals surface area (Å²) < 4.78 is 16.1. The Bertz CT molecular complexity index is 1040. The number of anilines is 1. The molecule has 1 amide bonds. The summed E-state index contributed by atoms with van der Waals surface area (Å²) in [5, 5.41) is 3.62. The van der Waals surface area contributed by atoms with Crippen molar-refractivity contribution >= 4 is 22.4 Å². The number of amides is 1. The molecule has 7 heteroatoms. The molecule has 1 N–H and O–H groups in total. The monoisotopic (exact) mass is 438 g/mol. The lowest BCUT2D eigenvalue weighted by molar-refractivity contribution is -0.115. The normalized spacial score (nSPS) is 15.1. The average molecular weight is 439 g/mol. The second kappa shape index (κ2) is 9.39. The zero-order valence-electron chi connectivity index (χ0n) is 17.9. The van der Waals surface area contributed by atoms with E-state index in [9.17, 15) is 4.79 Å². The third-order valence-corrected chi connectivity index (χ3v) is 6.58. The Morgan fingerprint density at radius 1 is 1.10 bits per heavy atom. The quantitative estimate of drug-likeness (QED) is 0.583. The highest BCUT2D eigenvalue weighted by Crippen LogP contribution is 2.39.